The van der Waals surface area contributed by atoms with Crippen LogP contribution < -0.4 is 21.3 Å². The number of halogens is 1. The lowest BCUT2D eigenvalue weighted by atomic mass is 10.1. The van der Waals surface area contributed by atoms with Crippen molar-refractivity contribution >= 4 is 53.0 Å². The SMILES string of the molecule is Cc1ccc(N2CCO[C@H](C(O)C(=O)Nc3ccc(C(=N)N)cc3)C2=O)cc1NC(=O)CO.Cl. The number of anilines is 3. The topological polar surface area (TPSA) is 178 Å². The Bertz CT molecular complexity index is 1080. The zero-order valence-corrected chi connectivity index (χ0v) is 19.1. The highest BCUT2D eigenvalue weighted by Crippen LogP contribution is 2.26. The zero-order chi connectivity index (χ0) is 24.1. The molecule has 12 heteroatoms. The van der Waals surface area contributed by atoms with Gasteiger partial charge in [0, 0.05) is 29.2 Å². The van der Waals surface area contributed by atoms with E-state index in [4.69, 9.17) is 21.0 Å². The van der Waals surface area contributed by atoms with Gasteiger partial charge in [0.1, 0.15) is 12.4 Å². The molecule has 3 rings (SSSR count). The smallest absolute Gasteiger partial charge is 0.259 e. The van der Waals surface area contributed by atoms with Crippen molar-refractivity contribution in [3.05, 3.63) is 53.6 Å². The van der Waals surface area contributed by atoms with Gasteiger partial charge in [-0.2, -0.15) is 0 Å². The molecule has 1 unspecified atom stereocenters. The lowest BCUT2D eigenvalue weighted by Gasteiger charge is -2.34. The molecule has 2 aromatic rings. The number of nitrogen functional groups attached to an aromatic ring is 1. The molecule has 0 aliphatic carbocycles. The number of aliphatic hydroxyl groups is 2. The van der Waals surface area contributed by atoms with Gasteiger partial charge in [-0.3, -0.25) is 19.8 Å². The number of aryl methyl sites for hydroxylation is 1. The largest absolute Gasteiger partial charge is 0.387 e. The van der Waals surface area contributed by atoms with E-state index in [1.165, 1.54) is 17.0 Å². The summed E-state index contributed by atoms with van der Waals surface area (Å²) in [5.74, 6) is -2.15. The maximum absolute atomic E-state index is 13.0. The third-order valence-corrected chi connectivity index (χ3v) is 5.09. The number of aliphatic hydroxyl groups excluding tert-OH is 2. The summed E-state index contributed by atoms with van der Waals surface area (Å²) >= 11 is 0. The number of carbonyl (C=O) groups is 3. The molecule has 182 valence electrons. The number of amides is 3. The van der Waals surface area contributed by atoms with E-state index in [0.29, 0.717) is 22.6 Å². The van der Waals surface area contributed by atoms with Gasteiger partial charge in [0.25, 0.3) is 11.8 Å². The third-order valence-electron chi connectivity index (χ3n) is 5.09. The lowest BCUT2D eigenvalue weighted by molar-refractivity contribution is -0.150. The van der Waals surface area contributed by atoms with Crippen LogP contribution in [0.25, 0.3) is 0 Å². The Hall–Kier alpha value is -3.51. The number of hydrogen-bond donors (Lipinski definition) is 6. The summed E-state index contributed by atoms with van der Waals surface area (Å²) in [5.41, 5.74) is 7.83. The van der Waals surface area contributed by atoms with E-state index in [0.717, 1.165) is 5.56 Å². The fraction of sp³-hybridized carbons (Fsp3) is 0.273. The maximum Gasteiger partial charge on any atom is 0.259 e. The molecule has 1 saturated heterocycles. The van der Waals surface area contributed by atoms with E-state index in [1.54, 1.807) is 37.3 Å². The maximum atomic E-state index is 13.0. The van der Waals surface area contributed by atoms with Crippen LogP contribution in [0.1, 0.15) is 11.1 Å². The van der Waals surface area contributed by atoms with E-state index >= 15 is 0 Å². The van der Waals surface area contributed by atoms with Crippen LogP contribution in [-0.2, 0) is 19.1 Å². The molecule has 0 radical (unpaired) electrons. The van der Waals surface area contributed by atoms with Crippen molar-refractivity contribution in [2.24, 2.45) is 5.73 Å². The van der Waals surface area contributed by atoms with Gasteiger partial charge in [0.05, 0.1) is 6.61 Å². The van der Waals surface area contributed by atoms with Gasteiger partial charge in [-0.1, -0.05) is 6.07 Å². The Labute approximate surface area is 201 Å². The van der Waals surface area contributed by atoms with E-state index in [2.05, 4.69) is 10.6 Å². The van der Waals surface area contributed by atoms with Gasteiger partial charge in [-0.25, -0.2) is 0 Å². The first-order valence-corrected chi connectivity index (χ1v) is 10.1. The molecule has 11 nitrogen and oxygen atoms in total. The standard InChI is InChI=1S/C22H25N5O6.ClH/c1-12-2-7-15(10-16(12)26-17(29)11-28)27-8-9-33-19(22(27)32)18(30)21(31)25-14-5-3-13(4-6-14)20(23)24;/h2-7,10,18-19,28,30H,8-9,11H2,1H3,(H3,23,24)(H,25,31)(H,26,29);1H/t18?,19-;/m1./s1. The summed E-state index contributed by atoms with van der Waals surface area (Å²) in [7, 11) is 0. The van der Waals surface area contributed by atoms with E-state index in [-0.39, 0.29) is 31.4 Å². The summed E-state index contributed by atoms with van der Waals surface area (Å²) < 4.78 is 5.40. The van der Waals surface area contributed by atoms with E-state index < -0.39 is 36.5 Å². The molecule has 1 aliphatic rings. The average molecular weight is 492 g/mol. The van der Waals surface area contributed by atoms with Crippen LogP contribution in [0.5, 0.6) is 0 Å². The van der Waals surface area contributed by atoms with Gasteiger partial charge in [0.2, 0.25) is 5.91 Å². The van der Waals surface area contributed by atoms with Crippen LogP contribution in [0.15, 0.2) is 42.5 Å². The lowest BCUT2D eigenvalue weighted by Crippen LogP contribution is -2.55. The highest BCUT2D eigenvalue weighted by Gasteiger charge is 2.39. The molecule has 2 atom stereocenters. The Kier molecular flexibility index (Phi) is 9.10. The van der Waals surface area contributed by atoms with Gasteiger partial charge in [0.15, 0.2) is 12.2 Å². The number of carbonyl (C=O) groups excluding carboxylic acids is 3. The van der Waals surface area contributed by atoms with Gasteiger partial charge >= 0.3 is 0 Å². The number of nitrogens with one attached hydrogen (secondary N) is 3. The first-order chi connectivity index (χ1) is 15.7. The molecule has 34 heavy (non-hydrogen) atoms. The second-order valence-corrected chi connectivity index (χ2v) is 7.41. The van der Waals surface area contributed by atoms with Crippen molar-refractivity contribution in [1.29, 1.82) is 5.41 Å². The second-order valence-electron chi connectivity index (χ2n) is 7.41. The zero-order valence-electron chi connectivity index (χ0n) is 18.3. The predicted octanol–water partition coefficient (Wildman–Crippen LogP) is 0.363. The molecule has 1 aliphatic heterocycles. The minimum Gasteiger partial charge on any atom is -0.387 e. The summed E-state index contributed by atoms with van der Waals surface area (Å²) in [6, 6.07) is 11.1. The quantitative estimate of drug-likeness (QED) is 0.239. The predicted molar refractivity (Wildman–Crippen MR) is 128 cm³/mol. The molecule has 0 aromatic heterocycles. The number of amidine groups is 1. The Morgan fingerprint density at radius 2 is 1.91 bits per heavy atom. The van der Waals surface area contributed by atoms with Crippen LogP contribution >= 0.6 is 12.4 Å². The first kappa shape index (κ1) is 26.7. The highest BCUT2D eigenvalue weighted by molar-refractivity contribution is 6.04. The fourth-order valence-corrected chi connectivity index (χ4v) is 3.28. The van der Waals surface area contributed by atoms with Crippen molar-refractivity contribution < 1.29 is 29.3 Å². The Morgan fingerprint density at radius 3 is 2.53 bits per heavy atom. The number of hydrogen-bond acceptors (Lipinski definition) is 7. The minimum atomic E-state index is -1.77. The van der Waals surface area contributed by atoms with Gasteiger partial charge in [-0.15, -0.1) is 12.4 Å². The fourth-order valence-electron chi connectivity index (χ4n) is 3.28. The average Bonchev–Trinajstić information content (AvgIpc) is 2.80. The van der Waals surface area contributed by atoms with Crippen molar-refractivity contribution in [1.82, 2.24) is 0 Å². The van der Waals surface area contributed by atoms with E-state index in [1.807, 2.05) is 0 Å². The normalized spacial score (nSPS) is 16.3. The molecule has 1 fully saturated rings. The molecular formula is C22H26ClN5O6. The van der Waals surface area contributed by atoms with Gasteiger partial charge < -0.3 is 36.2 Å². The molecule has 0 bridgehead atoms. The third kappa shape index (κ3) is 6.08. The molecular weight excluding hydrogens is 466 g/mol. The Balaban J connectivity index is 0.00000408. The number of benzene rings is 2. The van der Waals surface area contributed by atoms with Crippen LogP contribution in [0.3, 0.4) is 0 Å². The van der Waals surface area contributed by atoms with Crippen molar-refractivity contribution in [2.75, 3.05) is 35.3 Å². The first-order valence-electron chi connectivity index (χ1n) is 10.1. The van der Waals surface area contributed by atoms with Crippen LogP contribution in [0.2, 0.25) is 0 Å². The molecule has 7 N–H and O–H groups in total. The molecule has 0 spiro atoms. The summed E-state index contributed by atoms with van der Waals surface area (Å²) in [6.07, 6.45) is -3.20. The van der Waals surface area contributed by atoms with Crippen LogP contribution in [0.4, 0.5) is 17.1 Å². The highest BCUT2D eigenvalue weighted by atomic mass is 35.5. The van der Waals surface area contributed by atoms with Crippen molar-refractivity contribution in [3.8, 4) is 0 Å². The summed E-state index contributed by atoms with van der Waals surface area (Å²) in [4.78, 5) is 38.4. The monoisotopic (exact) mass is 491 g/mol. The van der Waals surface area contributed by atoms with Crippen LogP contribution in [0, 0.1) is 12.3 Å². The number of ether oxygens (including phenoxy) is 1. The number of morpholine rings is 1. The molecule has 3 amide bonds. The molecule has 1 heterocycles. The Morgan fingerprint density at radius 1 is 1.24 bits per heavy atom. The van der Waals surface area contributed by atoms with E-state index in [9.17, 15) is 19.5 Å². The summed E-state index contributed by atoms with van der Waals surface area (Å²) in [5, 5.41) is 31.9. The second kappa shape index (κ2) is 11.6. The van der Waals surface area contributed by atoms with Crippen molar-refractivity contribution in [2.45, 2.75) is 19.1 Å². The number of nitrogens with two attached hydrogens (primary N) is 1. The van der Waals surface area contributed by atoms with Gasteiger partial charge in [-0.05, 0) is 48.9 Å². The molecule has 0 saturated carbocycles. The van der Waals surface area contributed by atoms with Crippen LogP contribution in [-0.4, -0.2) is 65.7 Å². The number of rotatable bonds is 7. The molecule has 2 aromatic carbocycles. The van der Waals surface area contributed by atoms with Crippen molar-refractivity contribution in [3.63, 3.8) is 0 Å². The summed E-state index contributed by atoms with van der Waals surface area (Å²) in [6.45, 7) is 1.35. The number of nitrogens with zero attached hydrogens (tertiary/aromatic N) is 1. The minimum absolute atomic E-state index is 0.